The van der Waals surface area contributed by atoms with Gasteiger partial charge in [0.15, 0.2) is 5.96 Å². The fraction of sp³-hybridized carbons (Fsp3) is 0.647. The standard InChI is InChI=1S/C17H28N4OS.HI/c1-12(2)16(22)21-8-7-14(11-21)20-17(18-4)19-10-13(3)15-6-5-9-23-15;/h5-6,9,12-14H,7-8,10-11H2,1-4H3,(H2,18,19,20);1H. The number of hydrogen-bond acceptors (Lipinski definition) is 3. The minimum absolute atomic E-state index is 0. The van der Waals surface area contributed by atoms with Crippen LogP contribution in [0, 0.1) is 5.92 Å². The Kier molecular flexibility index (Phi) is 9.04. The molecule has 0 aliphatic carbocycles. The third-order valence-corrected chi connectivity index (χ3v) is 5.27. The quantitative estimate of drug-likeness (QED) is 0.401. The molecule has 2 N–H and O–H groups in total. The number of likely N-dealkylation sites (tertiary alicyclic amines) is 1. The zero-order valence-electron chi connectivity index (χ0n) is 14.9. The summed E-state index contributed by atoms with van der Waals surface area (Å²) in [5.74, 6) is 1.58. The van der Waals surface area contributed by atoms with Crippen LogP contribution >= 0.6 is 35.3 Å². The highest BCUT2D eigenvalue weighted by Crippen LogP contribution is 2.19. The van der Waals surface area contributed by atoms with Gasteiger partial charge in [0.2, 0.25) is 5.91 Å². The number of nitrogens with zero attached hydrogens (tertiary/aromatic N) is 2. The molecular weight excluding hydrogens is 435 g/mol. The third kappa shape index (κ3) is 5.91. The summed E-state index contributed by atoms with van der Waals surface area (Å²) >= 11 is 1.78. The van der Waals surface area contributed by atoms with Crippen LogP contribution in [-0.4, -0.2) is 49.5 Å². The number of carbonyl (C=O) groups is 1. The van der Waals surface area contributed by atoms with Crippen LogP contribution < -0.4 is 10.6 Å². The van der Waals surface area contributed by atoms with Gasteiger partial charge >= 0.3 is 0 Å². The van der Waals surface area contributed by atoms with Crippen molar-refractivity contribution < 1.29 is 4.79 Å². The van der Waals surface area contributed by atoms with Gasteiger partial charge in [0, 0.05) is 49.4 Å². The molecule has 5 nitrogen and oxygen atoms in total. The molecule has 1 saturated heterocycles. The van der Waals surface area contributed by atoms with Crippen LogP contribution in [0.3, 0.4) is 0 Å². The number of hydrogen-bond donors (Lipinski definition) is 2. The summed E-state index contributed by atoms with van der Waals surface area (Å²) in [6, 6.07) is 4.53. The molecule has 2 atom stereocenters. The van der Waals surface area contributed by atoms with Gasteiger partial charge in [-0.1, -0.05) is 26.8 Å². The second kappa shape index (κ2) is 10.2. The van der Waals surface area contributed by atoms with Crippen molar-refractivity contribution in [2.24, 2.45) is 10.9 Å². The monoisotopic (exact) mass is 464 g/mol. The zero-order valence-corrected chi connectivity index (χ0v) is 18.1. The Hall–Kier alpha value is -0.830. The van der Waals surface area contributed by atoms with E-state index >= 15 is 0 Å². The second-order valence-electron chi connectivity index (χ2n) is 6.44. The molecule has 0 spiro atoms. The van der Waals surface area contributed by atoms with Gasteiger partial charge in [-0.25, -0.2) is 0 Å². The number of thiophene rings is 1. The largest absolute Gasteiger partial charge is 0.356 e. The molecule has 2 heterocycles. The molecule has 1 aromatic heterocycles. The Labute approximate surface area is 166 Å². The number of aliphatic imine (C=N–C) groups is 1. The van der Waals surface area contributed by atoms with Crippen LogP contribution in [0.5, 0.6) is 0 Å². The molecule has 0 saturated carbocycles. The smallest absolute Gasteiger partial charge is 0.225 e. The number of carbonyl (C=O) groups excluding carboxylic acids is 1. The summed E-state index contributed by atoms with van der Waals surface area (Å²) in [4.78, 5) is 19.7. The Morgan fingerprint density at radius 3 is 2.79 bits per heavy atom. The summed E-state index contributed by atoms with van der Waals surface area (Å²) in [5, 5.41) is 8.94. The van der Waals surface area contributed by atoms with Crippen molar-refractivity contribution in [2.45, 2.75) is 39.2 Å². The van der Waals surface area contributed by atoms with Crippen LogP contribution in [0.15, 0.2) is 22.5 Å². The zero-order chi connectivity index (χ0) is 16.8. The fourth-order valence-corrected chi connectivity index (χ4v) is 3.54. The highest BCUT2D eigenvalue weighted by Gasteiger charge is 2.27. The molecule has 0 radical (unpaired) electrons. The maximum Gasteiger partial charge on any atom is 0.225 e. The van der Waals surface area contributed by atoms with Crippen molar-refractivity contribution >= 4 is 47.2 Å². The maximum absolute atomic E-state index is 12.0. The predicted molar refractivity (Wildman–Crippen MR) is 112 cm³/mol. The maximum atomic E-state index is 12.0. The third-order valence-electron chi connectivity index (χ3n) is 4.16. The van der Waals surface area contributed by atoms with Crippen molar-refractivity contribution in [3.05, 3.63) is 22.4 Å². The van der Waals surface area contributed by atoms with Crippen LogP contribution in [-0.2, 0) is 4.79 Å². The Morgan fingerprint density at radius 1 is 1.46 bits per heavy atom. The van der Waals surface area contributed by atoms with Gasteiger partial charge < -0.3 is 15.5 Å². The van der Waals surface area contributed by atoms with Gasteiger partial charge in [-0.15, -0.1) is 35.3 Å². The van der Waals surface area contributed by atoms with E-state index in [-0.39, 0.29) is 41.8 Å². The van der Waals surface area contributed by atoms with E-state index in [1.54, 1.807) is 18.4 Å². The summed E-state index contributed by atoms with van der Waals surface area (Å²) in [6.07, 6.45) is 0.972. The van der Waals surface area contributed by atoms with Gasteiger partial charge in [-0.3, -0.25) is 9.79 Å². The van der Waals surface area contributed by atoms with Gasteiger partial charge in [0.05, 0.1) is 0 Å². The number of halogens is 1. The molecule has 1 amide bonds. The summed E-state index contributed by atoms with van der Waals surface area (Å²) in [5.41, 5.74) is 0. The van der Waals surface area contributed by atoms with Gasteiger partial charge in [0.25, 0.3) is 0 Å². The predicted octanol–water partition coefficient (Wildman–Crippen LogP) is 2.89. The van der Waals surface area contributed by atoms with E-state index in [0.717, 1.165) is 32.0 Å². The summed E-state index contributed by atoms with van der Waals surface area (Å²) in [6.45, 7) is 8.56. The van der Waals surface area contributed by atoms with E-state index in [1.807, 2.05) is 18.7 Å². The molecule has 0 aromatic carbocycles. The lowest BCUT2D eigenvalue weighted by Gasteiger charge is -2.21. The second-order valence-corrected chi connectivity index (χ2v) is 7.42. The van der Waals surface area contributed by atoms with E-state index in [2.05, 4.69) is 40.1 Å². The number of rotatable bonds is 5. The molecule has 1 aliphatic heterocycles. The van der Waals surface area contributed by atoms with Crippen LogP contribution in [0.25, 0.3) is 0 Å². The van der Waals surface area contributed by atoms with Gasteiger partial charge in [0.1, 0.15) is 0 Å². The van der Waals surface area contributed by atoms with Crippen molar-refractivity contribution in [3.8, 4) is 0 Å². The average molecular weight is 464 g/mol. The Morgan fingerprint density at radius 2 is 2.21 bits per heavy atom. The first-order valence-electron chi connectivity index (χ1n) is 8.30. The van der Waals surface area contributed by atoms with Crippen LogP contribution in [0.4, 0.5) is 0 Å². The first-order valence-corrected chi connectivity index (χ1v) is 9.18. The van der Waals surface area contributed by atoms with E-state index in [4.69, 9.17) is 0 Å². The lowest BCUT2D eigenvalue weighted by Crippen LogP contribution is -2.46. The number of guanidine groups is 1. The summed E-state index contributed by atoms with van der Waals surface area (Å²) < 4.78 is 0. The van der Waals surface area contributed by atoms with E-state index in [9.17, 15) is 4.79 Å². The molecule has 1 aromatic rings. The van der Waals surface area contributed by atoms with Crippen LogP contribution in [0.2, 0.25) is 0 Å². The van der Waals surface area contributed by atoms with Gasteiger partial charge in [-0.2, -0.15) is 0 Å². The van der Waals surface area contributed by atoms with E-state index in [0.29, 0.717) is 5.92 Å². The van der Waals surface area contributed by atoms with Gasteiger partial charge in [-0.05, 0) is 17.9 Å². The van der Waals surface area contributed by atoms with Crippen LogP contribution in [0.1, 0.15) is 38.0 Å². The Balaban J connectivity index is 0.00000288. The molecule has 24 heavy (non-hydrogen) atoms. The molecule has 1 fully saturated rings. The SMILES string of the molecule is CN=C(NCC(C)c1cccs1)NC1CCN(C(=O)C(C)C)C1.I. The fourth-order valence-electron chi connectivity index (χ4n) is 2.75. The van der Waals surface area contributed by atoms with E-state index < -0.39 is 0 Å². The number of nitrogens with one attached hydrogen (secondary N) is 2. The number of amides is 1. The molecule has 7 heteroatoms. The van der Waals surface area contributed by atoms with Crippen molar-refractivity contribution in [3.63, 3.8) is 0 Å². The van der Waals surface area contributed by atoms with E-state index in [1.165, 1.54) is 4.88 Å². The topological polar surface area (TPSA) is 56.7 Å². The minimum Gasteiger partial charge on any atom is -0.356 e. The normalized spacial score (nSPS) is 19.1. The highest BCUT2D eigenvalue weighted by atomic mass is 127. The van der Waals surface area contributed by atoms with Crippen molar-refractivity contribution in [1.29, 1.82) is 0 Å². The molecular formula is C17H29IN4OS. The highest BCUT2D eigenvalue weighted by molar-refractivity contribution is 14.0. The molecule has 2 unspecified atom stereocenters. The first kappa shape index (κ1) is 21.2. The molecule has 2 rings (SSSR count). The lowest BCUT2D eigenvalue weighted by atomic mass is 10.1. The van der Waals surface area contributed by atoms with Crippen molar-refractivity contribution in [2.75, 3.05) is 26.7 Å². The molecule has 0 bridgehead atoms. The molecule has 136 valence electrons. The van der Waals surface area contributed by atoms with Crippen molar-refractivity contribution in [1.82, 2.24) is 15.5 Å². The molecule has 1 aliphatic rings. The average Bonchev–Trinajstić information content (AvgIpc) is 3.21. The first-order chi connectivity index (χ1) is 11.0. The minimum atomic E-state index is 0. The summed E-state index contributed by atoms with van der Waals surface area (Å²) in [7, 11) is 1.79. The Bertz CT molecular complexity index is 533. The lowest BCUT2D eigenvalue weighted by molar-refractivity contribution is -0.133.